The van der Waals surface area contributed by atoms with Crippen molar-refractivity contribution in [2.24, 2.45) is 5.10 Å². The molecule has 0 heterocycles. The Kier molecular flexibility index (Phi) is 9.02. The van der Waals surface area contributed by atoms with Gasteiger partial charge in [-0.2, -0.15) is 5.10 Å². The molecular formula is C29H21ClN4O7. The number of carbonyl (C=O) groups is 3. The summed E-state index contributed by atoms with van der Waals surface area (Å²) in [6, 6.07) is 22.2. The minimum absolute atomic E-state index is 0.00445. The van der Waals surface area contributed by atoms with Crippen molar-refractivity contribution in [3.8, 4) is 11.5 Å². The first-order valence-electron chi connectivity index (χ1n) is 11.9. The fourth-order valence-electron chi connectivity index (χ4n) is 3.46. The van der Waals surface area contributed by atoms with E-state index < -0.39 is 16.8 Å². The zero-order chi connectivity index (χ0) is 29.4. The van der Waals surface area contributed by atoms with E-state index in [4.69, 9.17) is 21.1 Å². The van der Waals surface area contributed by atoms with Crippen molar-refractivity contribution >= 4 is 47.0 Å². The van der Waals surface area contributed by atoms with Gasteiger partial charge in [-0.3, -0.25) is 19.7 Å². The highest BCUT2D eigenvalue weighted by Crippen LogP contribution is 2.24. The number of esters is 1. The lowest BCUT2D eigenvalue weighted by molar-refractivity contribution is -0.384. The summed E-state index contributed by atoms with van der Waals surface area (Å²) in [4.78, 5) is 48.2. The van der Waals surface area contributed by atoms with Gasteiger partial charge in [-0.05, 0) is 78.9 Å². The zero-order valence-electron chi connectivity index (χ0n) is 21.4. The number of hydrogen-bond donors (Lipinski definition) is 2. The number of carbonyl (C=O) groups excluding carboxylic acids is 3. The summed E-state index contributed by atoms with van der Waals surface area (Å²) >= 11 is 5.84. The topological polar surface area (TPSA) is 149 Å². The minimum atomic E-state index is -0.705. The van der Waals surface area contributed by atoms with Crippen LogP contribution in [0.5, 0.6) is 11.5 Å². The Hall–Kier alpha value is -5.55. The molecule has 12 heteroatoms. The van der Waals surface area contributed by atoms with Crippen LogP contribution in [0.2, 0.25) is 5.02 Å². The smallest absolute Gasteiger partial charge is 0.343 e. The van der Waals surface area contributed by atoms with Crippen molar-refractivity contribution in [3.63, 3.8) is 0 Å². The Balaban J connectivity index is 1.42. The number of nitrogens with zero attached hydrogens (tertiary/aromatic N) is 2. The van der Waals surface area contributed by atoms with Crippen molar-refractivity contribution in [1.29, 1.82) is 0 Å². The highest BCUT2D eigenvalue weighted by atomic mass is 35.5. The lowest BCUT2D eigenvalue weighted by Gasteiger charge is -2.08. The maximum atomic E-state index is 12.6. The lowest BCUT2D eigenvalue weighted by Crippen LogP contribution is -2.18. The molecule has 0 saturated heterocycles. The fourth-order valence-corrected chi connectivity index (χ4v) is 3.59. The minimum Gasteiger partial charge on any atom is -0.497 e. The molecule has 0 atom stereocenters. The molecule has 0 radical (unpaired) electrons. The van der Waals surface area contributed by atoms with Crippen LogP contribution in [-0.4, -0.2) is 36.0 Å². The second-order valence-electron chi connectivity index (χ2n) is 8.33. The first kappa shape index (κ1) is 28.5. The largest absolute Gasteiger partial charge is 0.497 e. The molecule has 0 spiro atoms. The molecular weight excluding hydrogens is 552 g/mol. The van der Waals surface area contributed by atoms with Gasteiger partial charge in [-0.1, -0.05) is 11.6 Å². The molecule has 2 N–H and O–H groups in total. The van der Waals surface area contributed by atoms with Gasteiger partial charge >= 0.3 is 5.97 Å². The quantitative estimate of drug-likeness (QED) is 0.0884. The Morgan fingerprint density at radius 2 is 1.46 bits per heavy atom. The molecule has 41 heavy (non-hydrogen) atoms. The van der Waals surface area contributed by atoms with E-state index in [0.29, 0.717) is 22.0 Å². The van der Waals surface area contributed by atoms with Gasteiger partial charge in [0.25, 0.3) is 17.5 Å². The van der Waals surface area contributed by atoms with E-state index in [-0.39, 0.29) is 34.0 Å². The summed E-state index contributed by atoms with van der Waals surface area (Å²) in [7, 11) is 1.49. The Morgan fingerprint density at radius 3 is 2.10 bits per heavy atom. The van der Waals surface area contributed by atoms with E-state index in [9.17, 15) is 24.5 Å². The third kappa shape index (κ3) is 7.52. The van der Waals surface area contributed by atoms with Crippen LogP contribution >= 0.6 is 11.6 Å². The van der Waals surface area contributed by atoms with Crippen LogP contribution in [0, 0.1) is 10.1 Å². The molecule has 0 unspecified atom stereocenters. The Labute approximate surface area is 238 Å². The second-order valence-corrected chi connectivity index (χ2v) is 8.77. The predicted molar refractivity (Wildman–Crippen MR) is 152 cm³/mol. The average Bonchev–Trinajstić information content (AvgIpc) is 2.98. The number of nitro groups is 1. The normalized spacial score (nSPS) is 10.6. The van der Waals surface area contributed by atoms with E-state index >= 15 is 0 Å². The number of amides is 2. The van der Waals surface area contributed by atoms with E-state index in [2.05, 4.69) is 15.8 Å². The number of methoxy groups -OCH3 is 1. The summed E-state index contributed by atoms with van der Waals surface area (Å²) in [5, 5.41) is 18.4. The number of nitro benzene ring substituents is 1. The van der Waals surface area contributed by atoms with Gasteiger partial charge < -0.3 is 14.8 Å². The Morgan fingerprint density at radius 1 is 0.854 bits per heavy atom. The summed E-state index contributed by atoms with van der Waals surface area (Å²) in [6.45, 7) is 0. The number of anilines is 1. The van der Waals surface area contributed by atoms with Crippen molar-refractivity contribution < 1.29 is 28.8 Å². The standard InChI is InChI=1S/C29H21ClN4O7/c1-40-25-13-6-20(7-14-25)29(37)41-26-15-12-24(34(38)39)16-21(26)17-31-33-28(36)19-4-10-23(11-5-19)32-27(35)18-2-8-22(30)9-3-18/h2-17H,1H3,(H,32,35)(H,33,36)/b31-17+. The van der Waals surface area contributed by atoms with E-state index in [1.54, 1.807) is 48.5 Å². The number of hydrogen-bond acceptors (Lipinski definition) is 8. The molecule has 0 aliphatic carbocycles. The highest BCUT2D eigenvalue weighted by molar-refractivity contribution is 6.30. The number of rotatable bonds is 9. The number of benzene rings is 4. The van der Waals surface area contributed by atoms with Crippen LogP contribution in [0.25, 0.3) is 0 Å². The predicted octanol–water partition coefficient (Wildman–Crippen LogP) is 5.49. The van der Waals surface area contributed by atoms with Gasteiger partial charge in [0.2, 0.25) is 0 Å². The van der Waals surface area contributed by atoms with Gasteiger partial charge in [-0.15, -0.1) is 0 Å². The van der Waals surface area contributed by atoms with Crippen LogP contribution < -0.4 is 20.2 Å². The molecule has 4 aromatic carbocycles. The Bertz CT molecular complexity index is 1620. The van der Waals surface area contributed by atoms with Crippen LogP contribution in [0.1, 0.15) is 36.6 Å². The summed E-state index contributed by atoms with van der Waals surface area (Å²) in [6.07, 6.45) is 1.13. The maximum absolute atomic E-state index is 12.6. The molecule has 0 aliphatic rings. The molecule has 0 saturated carbocycles. The first-order valence-corrected chi connectivity index (χ1v) is 12.3. The molecule has 206 valence electrons. The summed E-state index contributed by atoms with van der Waals surface area (Å²) < 4.78 is 10.5. The third-order valence-corrected chi connectivity index (χ3v) is 5.87. The van der Waals surface area contributed by atoms with Gasteiger partial charge in [0.05, 0.1) is 23.8 Å². The van der Waals surface area contributed by atoms with Crippen LogP contribution in [-0.2, 0) is 0 Å². The van der Waals surface area contributed by atoms with Crippen LogP contribution in [0.15, 0.2) is 96.1 Å². The number of halogens is 1. The van der Waals surface area contributed by atoms with Crippen LogP contribution in [0.4, 0.5) is 11.4 Å². The van der Waals surface area contributed by atoms with Crippen molar-refractivity contribution in [2.75, 3.05) is 12.4 Å². The SMILES string of the molecule is COc1ccc(C(=O)Oc2ccc([N+](=O)[O-])cc2/C=N/NC(=O)c2ccc(NC(=O)c3ccc(Cl)cc3)cc2)cc1. The molecule has 2 amide bonds. The lowest BCUT2D eigenvalue weighted by atomic mass is 10.1. The fraction of sp³-hybridized carbons (Fsp3) is 0.0345. The average molecular weight is 573 g/mol. The molecule has 0 bridgehead atoms. The second kappa shape index (κ2) is 13.0. The number of non-ortho nitro benzene ring substituents is 1. The molecule has 4 rings (SSSR count). The number of ether oxygens (including phenoxy) is 2. The van der Waals surface area contributed by atoms with Gasteiger partial charge in [-0.25, -0.2) is 10.2 Å². The molecule has 11 nitrogen and oxygen atoms in total. The maximum Gasteiger partial charge on any atom is 0.343 e. The third-order valence-electron chi connectivity index (χ3n) is 5.61. The zero-order valence-corrected chi connectivity index (χ0v) is 22.1. The molecule has 0 fully saturated rings. The molecule has 0 aliphatic heterocycles. The van der Waals surface area contributed by atoms with Crippen molar-refractivity contribution in [2.45, 2.75) is 0 Å². The highest BCUT2D eigenvalue weighted by Gasteiger charge is 2.16. The van der Waals surface area contributed by atoms with Gasteiger partial charge in [0.15, 0.2) is 0 Å². The van der Waals surface area contributed by atoms with E-state index in [0.717, 1.165) is 12.3 Å². The van der Waals surface area contributed by atoms with Gasteiger partial charge in [0, 0.05) is 39.5 Å². The molecule has 0 aromatic heterocycles. The van der Waals surface area contributed by atoms with Crippen molar-refractivity contribution in [1.82, 2.24) is 5.43 Å². The summed E-state index contributed by atoms with van der Waals surface area (Å²) in [5.74, 6) is -1.08. The number of nitrogens with one attached hydrogen (secondary N) is 2. The monoisotopic (exact) mass is 572 g/mol. The molecule has 4 aromatic rings. The first-order chi connectivity index (χ1) is 19.7. The van der Waals surface area contributed by atoms with E-state index in [1.807, 2.05) is 0 Å². The van der Waals surface area contributed by atoms with E-state index in [1.165, 1.54) is 43.5 Å². The van der Waals surface area contributed by atoms with Gasteiger partial charge in [0.1, 0.15) is 11.5 Å². The number of hydrazone groups is 1. The van der Waals surface area contributed by atoms with Crippen LogP contribution in [0.3, 0.4) is 0 Å². The van der Waals surface area contributed by atoms with Crippen molar-refractivity contribution in [3.05, 3.63) is 128 Å². The summed E-state index contributed by atoms with van der Waals surface area (Å²) in [5.41, 5.74) is 3.48.